The van der Waals surface area contributed by atoms with E-state index in [9.17, 15) is 4.79 Å². The van der Waals surface area contributed by atoms with Crippen molar-refractivity contribution in [3.05, 3.63) is 35.4 Å². The lowest BCUT2D eigenvalue weighted by atomic mass is 9.97. The summed E-state index contributed by atoms with van der Waals surface area (Å²) < 4.78 is 5.37. The number of benzene rings is 1. The first-order valence-corrected chi connectivity index (χ1v) is 5.78. The monoisotopic (exact) mass is 236 g/mol. The third kappa shape index (κ3) is 5.00. The third-order valence-corrected chi connectivity index (χ3v) is 2.83. The fourth-order valence-corrected chi connectivity index (χ4v) is 1.64. The Labute approximate surface area is 102 Å². The molecule has 3 heteroatoms. The summed E-state index contributed by atoms with van der Waals surface area (Å²) in [7, 11) is 1.71. The minimum atomic E-state index is -0.755. The van der Waals surface area contributed by atoms with Gasteiger partial charge in [0.2, 0.25) is 0 Å². The summed E-state index contributed by atoms with van der Waals surface area (Å²) in [5.41, 5.74) is 2.10. The molecular formula is C14H20O3. The molecule has 0 heterocycles. The smallest absolute Gasteiger partial charge is 0.303 e. The molecule has 0 aromatic heterocycles. The second kappa shape index (κ2) is 5.82. The van der Waals surface area contributed by atoms with Gasteiger partial charge in [0.1, 0.15) is 0 Å². The van der Waals surface area contributed by atoms with Gasteiger partial charge >= 0.3 is 5.97 Å². The molecule has 1 aromatic rings. The molecule has 3 nitrogen and oxygen atoms in total. The van der Waals surface area contributed by atoms with Crippen LogP contribution in [0, 0.1) is 0 Å². The van der Waals surface area contributed by atoms with Gasteiger partial charge in [-0.2, -0.15) is 0 Å². The van der Waals surface area contributed by atoms with Crippen molar-refractivity contribution in [1.29, 1.82) is 0 Å². The number of rotatable bonds is 6. The van der Waals surface area contributed by atoms with Crippen molar-refractivity contribution in [3.8, 4) is 0 Å². The molecule has 17 heavy (non-hydrogen) atoms. The van der Waals surface area contributed by atoms with Crippen LogP contribution in [0.1, 0.15) is 31.4 Å². The van der Waals surface area contributed by atoms with Crippen LogP contribution in [0.2, 0.25) is 0 Å². The Balaban J connectivity index is 2.59. The lowest BCUT2D eigenvalue weighted by Crippen LogP contribution is -2.25. The van der Waals surface area contributed by atoms with E-state index in [0.717, 1.165) is 12.0 Å². The summed E-state index contributed by atoms with van der Waals surface area (Å²) in [6, 6.07) is 8.06. The largest absolute Gasteiger partial charge is 0.481 e. The number of aryl methyl sites for hydroxylation is 1. The standard InChI is InChI=1S/C14H20O3/c1-14(2,17-3)10-12-6-4-11(5-7-12)8-9-13(15)16/h4-7H,8-10H2,1-3H3,(H,15,16). The summed E-state index contributed by atoms with van der Waals surface area (Å²) in [6.45, 7) is 4.09. The van der Waals surface area contributed by atoms with Gasteiger partial charge in [-0.3, -0.25) is 4.79 Å². The summed E-state index contributed by atoms with van der Waals surface area (Å²) in [5.74, 6) is -0.755. The van der Waals surface area contributed by atoms with E-state index in [1.54, 1.807) is 7.11 Å². The summed E-state index contributed by atoms with van der Waals surface area (Å²) in [5, 5.41) is 8.60. The molecule has 0 unspecified atom stereocenters. The molecule has 0 amide bonds. The Morgan fingerprint density at radius 1 is 1.24 bits per heavy atom. The van der Waals surface area contributed by atoms with E-state index in [2.05, 4.69) is 0 Å². The molecule has 0 aliphatic heterocycles. The highest BCUT2D eigenvalue weighted by molar-refractivity contribution is 5.67. The van der Waals surface area contributed by atoms with Gasteiger partial charge in [0.15, 0.2) is 0 Å². The zero-order valence-corrected chi connectivity index (χ0v) is 10.7. The fraction of sp³-hybridized carbons (Fsp3) is 0.500. The number of hydrogen-bond acceptors (Lipinski definition) is 2. The SMILES string of the molecule is COC(C)(C)Cc1ccc(CCC(=O)O)cc1. The van der Waals surface area contributed by atoms with Crippen LogP contribution in [-0.2, 0) is 22.4 Å². The van der Waals surface area contributed by atoms with E-state index in [1.165, 1.54) is 5.56 Å². The topological polar surface area (TPSA) is 46.5 Å². The van der Waals surface area contributed by atoms with E-state index in [1.807, 2.05) is 38.1 Å². The number of carboxylic acid groups (broad SMARTS) is 1. The van der Waals surface area contributed by atoms with Gasteiger partial charge in [0, 0.05) is 20.0 Å². The first kappa shape index (κ1) is 13.7. The average Bonchev–Trinajstić information content (AvgIpc) is 2.28. The van der Waals surface area contributed by atoms with Gasteiger partial charge in [-0.05, 0) is 31.4 Å². The van der Waals surface area contributed by atoms with Crippen molar-refractivity contribution in [1.82, 2.24) is 0 Å². The zero-order chi connectivity index (χ0) is 12.9. The van der Waals surface area contributed by atoms with Gasteiger partial charge in [0.25, 0.3) is 0 Å². The van der Waals surface area contributed by atoms with Crippen molar-refractivity contribution in [3.63, 3.8) is 0 Å². The molecule has 1 aromatic carbocycles. The summed E-state index contributed by atoms with van der Waals surface area (Å²) in [4.78, 5) is 10.4. The first-order chi connectivity index (χ1) is 7.93. The van der Waals surface area contributed by atoms with Crippen LogP contribution in [0.25, 0.3) is 0 Å². The van der Waals surface area contributed by atoms with Crippen LogP contribution in [-0.4, -0.2) is 23.8 Å². The summed E-state index contributed by atoms with van der Waals surface area (Å²) >= 11 is 0. The maximum Gasteiger partial charge on any atom is 0.303 e. The molecule has 0 aliphatic carbocycles. The zero-order valence-electron chi connectivity index (χ0n) is 10.7. The minimum Gasteiger partial charge on any atom is -0.481 e. The molecule has 0 bridgehead atoms. The molecule has 0 radical (unpaired) electrons. The first-order valence-electron chi connectivity index (χ1n) is 5.78. The Morgan fingerprint density at radius 2 is 1.76 bits per heavy atom. The van der Waals surface area contributed by atoms with Gasteiger partial charge in [0.05, 0.1) is 5.60 Å². The molecule has 1 N–H and O–H groups in total. The highest BCUT2D eigenvalue weighted by Crippen LogP contribution is 2.16. The molecule has 0 atom stereocenters. The third-order valence-electron chi connectivity index (χ3n) is 2.83. The maximum absolute atomic E-state index is 10.4. The second-order valence-corrected chi connectivity index (χ2v) is 4.85. The molecule has 0 spiro atoms. The van der Waals surface area contributed by atoms with Gasteiger partial charge in [-0.1, -0.05) is 24.3 Å². The van der Waals surface area contributed by atoms with Gasteiger partial charge in [-0.15, -0.1) is 0 Å². The van der Waals surface area contributed by atoms with E-state index in [4.69, 9.17) is 9.84 Å². The van der Waals surface area contributed by atoms with E-state index < -0.39 is 5.97 Å². The average molecular weight is 236 g/mol. The molecule has 0 saturated heterocycles. The lowest BCUT2D eigenvalue weighted by molar-refractivity contribution is -0.136. The molecule has 1 rings (SSSR count). The number of ether oxygens (including phenoxy) is 1. The van der Waals surface area contributed by atoms with E-state index in [-0.39, 0.29) is 12.0 Å². The van der Waals surface area contributed by atoms with Gasteiger partial charge < -0.3 is 9.84 Å². The fourth-order valence-electron chi connectivity index (χ4n) is 1.64. The summed E-state index contributed by atoms with van der Waals surface area (Å²) in [6.07, 6.45) is 1.62. The van der Waals surface area contributed by atoms with Gasteiger partial charge in [-0.25, -0.2) is 0 Å². The highest BCUT2D eigenvalue weighted by atomic mass is 16.5. The van der Waals surface area contributed by atoms with Crippen molar-refractivity contribution < 1.29 is 14.6 Å². The Morgan fingerprint density at radius 3 is 2.24 bits per heavy atom. The number of methoxy groups -OCH3 is 1. The van der Waals surface area contributed by atoms with Crippen molar-refractivity contribution in [2.45, 2.75) is 38.7 Å². The lowest BCUT2D eigenvalue weighted by Gasteiger charge is -2.22. The molecule has 0 saturated carbocycles. The highest BCUT2D eigenvalue weighted by Gasteiger charge is 2.16. The van der Waals surface area contributed by atoms with Crippen LogP contribution in [0.3, 0.4) is 0 Å². The van der Waals surface area contributed by atoms with Crippen molar-refractivity contribution in [2.75, 3.05) is 7.11 Å². The van der Waals surface area contributed by atoms with E-state index in [0.29, 0.717) is 6.42 Å². The molecule has 0 fully saturated rings. The predicted molar refractivity (Wildman–Crippen MR) is 67.2 cm³/mol. The number of carboxylic acids is 1. The Hall–Kier alpha value is -1.35. The molecule has 94 valence electrons. The Kier molecular flexibility index (Phi) is 4.70. The van der Waals surface area contributed by atoms with E-state index >= 15 is 0 Å². The van der Waals surface area contributed by atoms with Crippen molar-refractivity contribution >= 4 is 5.97 Å². The molecular weight excluding hydrogens is 216 g/mol. The van der Waals surface area contributed by atoms with Crippen LogP contribution < -0.4 is 0 Å². The Bertz CT molecular complexity index is 366. The number of carbonyl (C=O) groups is 1. The predicted octanol–water partition coefficient (Wildman–Crippen LogP) is 2.67. The number of aliphatic carboxylic acids is 1. The molecule has 0 aliphatic rings. The maximum atomic E-state index is 10.4. The minimum absolute atomic E-state index is 0.164. The van der Waals surface area contributed by atoms with Crippen LogP contribution in [0.5, 0.6) is 0 Å². The normalized spacial score (nSPS) is 11.5. The quantitative estimate of drug-likeness (QED) is 0.826. The van der Waals surface area contributed by atoms with Crippen LogP contribution in [0.4, 0.5) is 0 Å². The van der Waals surface area contributed by atoms with Crippen molar-refractivity contribution in [2.24, 2.45) is 0 Å². The van der Waals surface area contributed by atoms with Crippen LogP contribution in [0.15, 0.2) is 24.3 Å². The van der Waals surface area contributed by atoms with Crippen LogP contribution >= 0.6 is 0 Å². The number of hydrogen-bond donors (Lipinski definition) is 1. The second-order valence-electron chi connectivity index (χ2n) is 4.85.